The first-order chi connectivity index (χ1) is 8.99. The Labute approximate surface area is 113 Å². The van der Waals surface area contributed by atoms with Gasteiger partial charge in [-0.3, -0.25) is 4.18 Å². The average molecular weight is 282 g/mol. The minimum atomic E-state index is -3.36. The molecule has 0 bridgehead atoms. The van der Waals surface area contributed by atoms with Crippen molar-refractivity contribution in [3.63, 3.8) is 0 Å². The van der Waals surface area contributed by atoms with E-state index in [1.54, 1.807) is 0 Å². The third-order valence-corrected chi connectivity index (χ3v) is 4.69. The first-order valence-electron chi connectivity index (χ1n) is 6.59. The van der Waals surface area contributed by atoms with Gasteiger partial charge >= 0.3 is 0 Å². The van der Waals surface area contributed by atoms with Gasteiger partial charge in [0.2, 0.25) is 0 Å². The van der Waals surface area contributed by atoms with Crippen LogP contribution in [0.4, 0.5) is 0 Å². The van der Waals surface area contributed by atoms with Crippen molar-refractivity contribution < 1.29 is 17.3 Å². The Morgan fingerprint density at radius 2 is 1.95 bits per heavy atom. The van der Waals surface area contributed by atoms with Gasteiger partial charge in [0.1, 0.15) is 0 Å². The Kier molecular flexibility index (Phi) is 3.15. The van der Waals surface area contributed by atoms with E-state index in [1.165, 1.54) is 11.1 Å². The first-order valence-corrected chi connectivity index (χ1v) is 8.41. The summed E-state index contributed by atoms with van der Waals surface area (Å²) in [5.74, 6) is 0. The smallest absolute Gasteiger partial charge is 0.264 e. The van der Waals surface area contributed by atoms with E-state index in [2.05, 4.69) is 12.1 Å². The molecule has 19 heavy (non-hydrogen) atoms. The Bertz CT molecular complexity index is 571. The van der Waals surface area contributed by atoms with E-state index in [4.69, 9.17) is 8.92 Å². The molecule has 1 aliphatic heterocycles. The fourth-order valence-electron chi connectivity index (χ4n) is 3.20. The number of hydrogen-bond donors (Lipinski definition) is 0. The molecule has 1 heterocycles. The van der Waals surface area contributed by atoms with E-state index in [0.29, 0.717) is 6.61 Å². The van der Waals surface area contributed by atoms with Gasteiger partial charge in [0.15, 0.2) is 0 Å². The molecular formula is C14H18O4S. The van der Waals surface area contributed by atoms with Crippen LogP contribution in [0.25, 0.3) is 0 Å². The topological polar surface area (TPSA) is 52.6 Å². The van der Waals surface area contributed by atoms with E-state index < -0.39 is 10.1 Å². The summed E-state index contributed by atoms with van der Waals surface area (Å²) >= 11 is 0. The van der Waals surface area contributed by atoms with Gasteiger partial charge in [-0.15, -0.1) is 0 Å². The molecule has 1 saturated carbocycles. The van der Waals surface area contributed by atoms with Crippen molar-refractivity contribution >= 4 is 10.1 Å². The van der Waals surface area contributed by atoms with Crippen molar-refractivity contribution in [1.29, 1.82) is 0 Å². The zero-order valence-corrected chi connectivity index (χ0v) is 11.8. The Morgan fingerprint density at radius 3 is 2.63 bits per heavy atom. The molecule has 3 rings (SSSR count). The lowest BCUT2D eigenvalue weighted by atomic mass is 9.78. The van der Waals surface area contributed by atoms with Crippen LogP contribution in [0.15, 0.2) is 24.3 Å². The monoisotopic (exact) mass is 282 g/mol. The number of benzene rings is 1. The summed E-state index contributed by atoms with van der Waals surface area (Å²) in [7, 11) is -3.36. The van der Waals surface area contributed by atoms with Crippen LogP contribution in [0.1, 0.15) is 36.8 Å². The molecule has 0 aromatic heterocycles. The van der Waals surface area contributed by atoms with Crippen molar-refractivity contribution in [2.75, 3.05) is 6.26 Å². The normalized spacial score (nSPS) is 30.5. The van der Waals surface area contributed by atoms with Crippen LogP contribution >= 0.6 is 0 Å². The highest BCUT2D eigenvalue weighted by Gasteiger charge is 2.43. The molecule has 0 unspecified atom stereocenters. The van der Waals surface area contributed by atoms with Crippen molar-refractivity contribution in [3.8, 4) is 0 Å². The van der Waals surface area contributed by atoms with Crippen LogP contribution in [-0.2, 0) is 31.2 Å². The number of ether oxygens (including phenoxy) is 1. The molecule has 104 valence electrons. The van der Waals surface area contributed by atoms with Crippen molar-refractivity contribution in [2.24, 2.45) is 0 Å². The van der Waals surface area contributed by atoms with Crippen molar-refractivity contribution in [2.45, 2.75) is 44.0 Å². The molecule has 4 nitrogen and oxygen atoms in total. The van der Waals surface area contributed by atoms with Crippen molar-refractivity contribution in [1.82, 2.24) is 0 Å². The lowest BCUT2D eigenvalue weighted by Gasteiger charge is -2.36. The van der Waals surface area contributed by atoms with E-state index >= 15 is 0 Å². The molecule has 0 atom stereocenters. The third kappa shape index (κ3) is 2.55. The maximum Gasteiger partial charge on any atom is 0.264 e. The van der Waals surface area contributed by atoms with Gasteiger partial charge in [0, 0.05) is 0 Å². The van der Waals surface area contributed by atoms with Gasteiger partial charge < -0.3 is 4.74 Å². The highest BCUT2D eigenvalue weighted by molar-refractivity contribution is 7.86. The molecule has 1 aromatic rings. The SMILES string of the molecule is CS(=O)(=O)O[C@H]1CC[C@@]2(CC1)OCc1ccccc12. The highest BCUT2D eigenvalue weighted by atomic mass is 32.2. The Morgan fingerprint density at radius 1 is 1.26 bits per heavy atom. The van der Waals surface area contributed by atoms with Crippen LogP contribution in [0.2, 0.25) is 0 Å². The zero-order chi connectivity index (χ0) is 13.5. The van der Waals surface area contributed by atoms with Gasteiger partial charge in [-0.25, -0.2) is 0 Å². The number of rotatable bonds is 2. The summed E-state index contributed by atoms with van der Waals surface area (Å²) in [6.07, 6.45) is 4.01. The minimum absolute atomic E-state index is 0.197. The Balaban J connectivity index is 1.74. The molecule has 1 aromatic carbocycles. The summed E-state index contributed by atoms with van der Waals surface area (Å²) < 4.78 is 33.4. The summed E-state index contributed by atoms with van der Waals surface area (Å²) in [5, 5.41) is 0. The first kappa shape index (κ1) is 13.1. The lowest BCUT2D eigenvalue weighted by Crippen LogP contribution is -2.34. The van der Waals surface area contributed by atoms with Gasteiger partial charge in [-0.1, -0.05) is 24.3 Å². The summed E-state index contributed by atoms with van der Waals surface area (Å²) in [6, 6.07) is 8.29. The standard InChI is InChI=1S/C14H18O4S/c1-19(15,16)18-12-6-8-14(9-7-12)13-5-3-2-4-11(13)10-17-14/h2-5,12H,6-10H2,1H3/t12-,14-. The van der Waals surface area contributed by atoms with Crippen LogP contribution in [0.5, 0.6) is 0 Å². The van der Waals surface area contributed by atoms with Crippen LogP contribution in [0, 0.1) is 0 Å². The van der Waals surface area contributed by atoms with Gasteiger partial charge in [-0.05, 0) is 36.8 Å². The molecule has 0 radical (unpaired) electrons. The number of hydrogen-bond acceptors (Lipinski definition) is 4. The van der Waals surface area contributed by atoms with Crippen LogP contribution in [-0.4, -0.2) is 20.8 Å². The molecule has 5 heteroatoms. The minimum Gasteiger partial charge on any atom is -0.366 e. The largest absolute Gasteiger partial charge is 0.366 e. The van der Waals surface area contributed by atoms with E-state index in [0.717, 1.165) is 31.9 Å². The average Bonchev–Trinajstić information content (AvgIpc) is 2.71. The second kappa shape index (κ2) is 4.58. The molecule has 0 N–H and O–H groups in total. The lowest BCUT2D eigenvalue weighted by molar-refractivity contribution is -0.0800. The number of fused-ring (bicyclic) bond motifs is 2. The maximum atomic E-state index is 11.2. The van der Waals surface area contributed by atoms with E-state index in [9.17, 15) is 8.42 Å². The second-order valence-electron chi connectivity index (χ2n) is 5.44. The molecule has 2 aliphatic rings. The van der Waals surface area contributed by atoms with Crippen molar-refractivity contribution in [3.05, 3.63) is 35.4 Å². The maximum absolute atomic E-state index is 11.2. The molecule has 1 fully saturated rings. The van der Waals surface area contributed by atoms with Gasteiger partial charge in [0.05, 0.1) is 24.6 Å². The molecule has 0 saturated heterocycles. The van der Waals surface area contributed by atoms with E-state index in [-0.39, 0.29) is 11.7 Å². The molecule has 0 amide bonds. The molecule has 1 spiro atoms. The van der Waals surface area contributed by atoms with Gasteiger partial charge in [-0.2, -0.15) is 8.42 Å². The molecular weight excluding hydrogens is 264 g/mol. The van der Waals surface area contributed by atoms with E-state index in [1.807, 2.05) is 12.1 Å². The fraction of sp³-hybridized carbons (Fsp3) is 0.571. The predicted octanol–water partition coefficient (Wildman–Crippen LogP) is 2.33. The van der Waals surface area contributed by atoms with Crippen LogP contribution < -0.4 is 0 Å². The predicted molar refractivity (Wildman–Crippen MR) is 71.1 cm³/mol. The second-order valence-corrected chi connectivity index (χ2v) is 7.04. The van der Waals surface area contributed by atoms with Gasteiger partial charge in [0.25, 0.3) is 10.1 Å². The summed E-state index contributed by atoms with van der Waals surface area (Å²) in [6.45, 7) is 0.660. The molecule has 1 aliphatic carbocycles. The highest BCUT2D eigenvalue weighted by Crippen LogP contribution is 2.47. The van der Waals surface area contributed by atoms with Crippen LogP contribution in [0.3, 0.4) is 0 Å². The Hall–Kier alpha value is -0.910. The zero-order valence-electron chi connectivity index (χ0n) is 11.0. The third-order valence-electron chi connectivity index (χ3n) is 4.06. The fourth-order valence-corrected chi connectivity index (χ4v) is 3.89. The summed E-state index contributed by atoms with van der Waals surface area (Å²) in [5.41, 5.74) is 2.31. The quantitative estimate of drug-likeness (QED) is 0.781. The summed E-state index contributed by atoms with van der Waals surface area (Å²) in [4.78, 5) is 0.